The number of hydrogen-bond donors (Lipinski definition) is 2. The zero-order valence-electron chi connectivity index (χ0n) is 27.8. The van der Waals surface area contributed by atoms with Gasteiger partial charge in [-0.2, -0.15) is 0 Å². The van der Waals surface area contributed by atoms with E-state index in [0.717, 1.165) is 32.4 Å². The molecule has 0 aromatic heterocycles. The maximum absolute atomic E-state index is 14.4. The van der Waals surface area contributed by atoms with Gasteiger partial charge in [-0.15, -0.1) is 0 Å². The van der Waals surface area contributed by atoms with Gasteiger partial charge < -0.3 is 24.4 Å². The molecule has 2 N–H and O–H groups in total. The van der Waals surface area contributed by atoms with Gasteiger partial charge in [-0.05, 0) is 101 Å². The number of halogens is 1. The number of benzene rings is 2. The topological polar surface area (TPSA) is 108 Å². The van der Waals surface area contributed by atoms with Crippen LogP contribution in [0.1, 0.15) is 82.5 Å². The largest absolute Gasteiger partial charge is 0.490 e. The molecule has 0 bridgehead atoms. The second kappa shape index (κ2) is 17.2. The molecule has 256 valence electrons. The number of likely N-dealkylation sites (N-methyl/N-ethyl adjacent to an activating group) is 1. The Labute approximate surface area is 280 Å². The molecule has 2 aromatic carbocycles. The second-order valence-corrected chi connectivity index (χ2v) is 15.4. The third kappa shape index (κ3) is 10.3. The lowest BCUT2D eigenvalue weighted by atomic mass is 9.89. The van der Waals surface area contributed by atoms with E-state index in [9.17, 15) is 18.3 Å². The molecule has 11 heteroatoms. The number of nitrogens with zero attached hydrogens (tertiary/aromatic N) is 2. The van der Waals surface area contributed by atoms with Crippen LogP contribution in [-0.4, -0.2) is 87.4 Å². The molecule has 9 nitrogen and oxygen atoms in total. The molecule has 46 heavy (non-hydrogen) atoms. The molecule has 1 aliphatic carbocycles. The van der Waals surface area contributed by atoms with E-state index < -0.39 is 16.1 Å². The molecule has 0 saturated heterocycles. The summed E-state index contributed by atoms with van der Waals surface area (Å²) in [5, 5.41) is 10.7. The van der Waals surface area contributed by atoms with Gasteiger partial charge in [-0.25, -0.2) is 8.42 Å². The van der Waals surface area contributed by atoms with Crippen LogP contribution in [0.5, 0.6) is 5.75 Å². The Balaban J connectivity index is 1.62. The molecule has 1 aliphatic heterocycles. The number of fused-ring (bicyclic) bond motifs is 1. The number of ether oxygens (including phenoxy) is 2. The zero-order valence-corrected chi connectivity index (χ0v) is 29.4. The van der Waals surface area contributed by atoms with Gasteiger partial charge in [0, 0.05) is 42.9 Å². The van der Waals surface area contributed by atoms with E-state index in [1.54, 1.807) is 17.0 Å². The van der Waals surface area contributed by atoms with Crippen molar-refractivity contribution in [1.82, 2.24) is 9.80 Å². The van der Waals surface area contributed by atoms with Crippen LogP contribution in [0.2, 0.25) is 5.02 Å². The van der Waals surface area contributed by atoms with E-state index in [1.165, 1.54) is 62.4 Å². The van der Waals surface area contributed by atoms with Crippen LogP contribution in [0.3, 0.4) is 0 Å². The maximum Gasteiger partial charge on any atom is 0.261 e. The van der Waals surface area contributed by atoms with Gasteiger partial charge in [0.2, 0.25) is 0 Å². The maximum atomic E-state index is 14.4. The Hall–Kier alpha value is -2.37. The highest BCUT2D eigenvalue weighted by Crippen LogP contribution is 2.30. The lowest BCUT2D eigenvalue weighted by Gasteiger charge is -2.36. The summed E-state index contributed by atoms with van der Waals surface area (Å²) in [6.07, 6.45) is 8.82. The Morgan fingerprint density at radius 1 is 1.02 bits per heavy atom. The van der Waals surface area contributed by atoms with Gasteiger partial charge >= 0.3 is 0 Å². The van der Waals surface area contributed by atoms with Crippen LogP contribution in [0.25, 0.3) is 0 Å². The van der Waals surface area contributed by atoms with Crippen molar-refractivity contribution in [2.75, 3.05) is 44.6 Å². The van der Waals surface area contributed by atoms with E-state index in [4.69, 9.17) is 21.1 Å². The van der Waals surface area contributed by atoms with Gasteiger partial charge in [0.05, 0.1) is 35.3 Å². The van der Waals surface area contributed by atoms with Crippen LogP contribution in [0.4, 0.5) is 5.69 Å². The molecule has 0 spiro atoms. The van der Waals surface area contributed by atoms with E-state index in [2.05, 4.69) is 23.6 Å². The van der Waals surface area contributed by atoms with Crippen molar-refractivity contribution in [2.24, 2.45) is 11.8 Å². The van der Waals surface area contributed by atoms with Gasteiger partial charge in [0.1, 0.15) is 5.75 Å². The molecule has 1 heterocycles. The van der Waals surface area contributed by atoms with Crippen LogP contribution in [0, 0.1) is 11.8 Å². The van der Waals surface area contributed by atoms with E-state index in [-0.39, 0.29) is 46.8 Å². The fourth-order valence-corrected chi connectivity index (χ4v) is 7.64. The third-order valence-corrected chi connectivity index (χ3v) is 10.9. The summed E-state index contributed by atoms with van der Waals surface area (Å²) in [5.74, 6) is 0.732. The second-order valence-electron chi connectivity index (χ2n) is 13.3. The molecule has 2 aromatic rings. The number of carbonyl (C=O) groups excluding carboxylic acids is 1. The summed E-state index contributed by atoms with van der Waals surface area (Å²) in [4.78, 5) is 18.5. The monoisotopic (exact) mass is 677 g/mol. The number of sulfonamides is 1. The summed E-state index contributed by atoms with van der Waals surface area (Å²) in [7, 11) is -1.78. The van der Waals surface area contributed by atoms with E-state index in [1.807, 2.05) is 13.8 Å². The molecule has 0 radical (unpaired) electrons. The van der Waals surface area contributed by atoms with Crippen molar-refractivity contribution in [2.45, 2.75) is 95.3 Å². The van der Waals surface area contributed by atoms with E-state index >= 15 is 0 Å². The minimum atomic E-state index is -3.94. The highest BCUT2D eigenvalue weighted by molar-refractivity contribution is 7.92. The molecule has 2 aliphatic rings. The smallest absolute Gasteiger partial charge is 0.261 e. The van der Waals surface area contributed by atoms with Crippen LogP contribution >= 0.6 is 11.6 Å². The third-order valence-electron chi connectivity index (χ3n) is 9.21. The molecular formula is C35H52ClN3O6S. The average molecular weight is 678 g/mol. The predicted molar refractivity (Wildman–Crippen MR) is 183 cm³/mol. The number of aliphatic hydroxyl groups is 1. The van der Waals surface area contributed by atoms with Gasteiger partial charge in [-0.3, -0.25) is 9.52 Å². The number of nitrogens with one attached hydrogen (secondary N) is 1. The SMILES string of the molecule is C[C@@H]1CN([C@@H](C)CO)C(=O)c2cc(NS(=O)(=O)c3ccc(Cl)cc3)ccc2O[C@@H](C)CCCCO[C@H]1CN(C)CC1CCCCC1. The summed E-state index contributed by atoms with van der Waals surface area (Å²) in [5.41, 5.74) is 0.467. The Morgan fingerprint density at radius 3 is 2.41 bits per heavy atom. The molecule has 1 amide bonds. The number of aliphatic hydroxyl groups excluding tert-OH is 1. The minimum Gasteiger partial charge on any atom is -0.490 e. The van der Waals surface area contributed by atoms with E-state index in [0.29, 0.717) is 29.8 Å². The number of anilines is 1. The quantitative estimate of drug-likeness (QED) is 0.314. The predicted octanol–water partition coefficient (Wildman–Crippen LogP) is 6.45. The van der Waals surface area contributed by atoms with Crippen molar-refractivity contribution >= 4 is 33.2 Å². The molecule has 0 unspecified atom stereocenters. The van der Waals surface area contributed by atoms with Gasteiger partial charge in [0.15, 0.2) is 0 Å². The number of hydrogen-bond acceptors (Lipinski definition) is 7. The van der Waals surface area contributed by atoms with Crippen molar-refractivity contribution in [3.63, 3.8) is 0 Å². The fraction of sp³-hybridized carbons (Fsp3) is 0.629. The van der Waals surface area contributed by atoms with Crippen molar-refractivity contribution < 1.29 is 27.8 Å². The van der Waals surface area contributed by atoms with Crippen LogP contribution in [0.15, 0.2) is 47.4 Å². The van der Waals surface area contributed by atoms with Crippen molar-refractivity contribution in [3.05, 3.63) is 53.1 Å². The molecule has 1 saturated carbocycles. The first-order valence-electron chi connectivity index (χ1n) is 16.8. The molecule has 1 fully saturated rings. The Morgan fingerprint density at radius 2 is 1.72 bits per heavy atom. The summed E-state index contributed by atoms with van der Waals surface area (Å²) in [6, 6.07) is 10.2. The number of carbonyl (C=O) groups is 1. The number of rotatable bonds is 9. The molecule has 4 atom stereocenters. The Bertz CT molecular complexity index is 1370. The van der Waals surface area contributed by atoms with Gasteiger partial charge in [-0.1, -0.05) is 37.8 Å². The standard InChI is InChI=1S/C35H52ClN3O6S/c1-25-21-39(26(2)24-40)35(41)32-20-30(37-46(42,43)31-16-13-29(36)14-17-31)15-18-33(32)45-27(3)10-8-9-19-44-34(25)23-38(4)22-28-11-6-5-7-12-28/h13-18,20,25-28,34,37,40H,5-12,19,21-24H2,1-4H3/t25-,26+,27+,34+/m1/s1. The minimum absolute atomic E-state index is 0.0235. The summed E-state index contributed by atoms with van der Waals surface area (Å²) in [6.45, 7) is 8.46. The van der Waals surface area contributed by atoms with Gasteiger partial charge in [0.25, 0.3) is 15.9 Å². The Kier molecular flexibility index (Phi) is 13.6. The summed E-state index contributed by atoms with van der Waals surface area (Å²) >= 11 is 5.96. The van der Waals surface area contributed by atoms with Crippen LogP contribution in [-0.2, 0) is 14.8 Å². The first-order chi connectivity index (χ1) is 22.0. The first kappa shape index (κ1) is 36.5. The molecule has 4 rings (SSSR count). The molecular weight excluding hydrogens is 626 g/mol. The first-order valence-corrected chi connectivity index (χ1v) is 18.6. The average Bonchev–Trinajstić information content (AvgIpc) is 3.03. The zero-order chi connectivity index (χ0) is 33.3. The van der Waals surface area contributed by atoms with Crippen molar-refractivity contribution in [3.8, 4) is 5.75 Å². The normalized spacial score (nSPS) is 23.3. The van der Waals surface area contributed by atoms with Crippen molar-refractivity contribution in [1.29, 1.82) is 0 Å². The summed E-state index contributed by atoms with van der Waals surface area (Å²) < 4.78 is 41.7. The highest BCUT2D eigenvalue weighted by Gasteiger charge is 2.31. The van der Waals surface area contributed by atoms with Crippen LogP contribution < -0.4 is 9.46 Å². The lowest BCUT2D eigenvalue weighted by molar-refractivity contribution is -0.0190. The lowest BCUT2D eigenvalue weighted by Crippen LogP contribution is -2.47. The highest BCUT2D eigenvalue weighted by atomic mass is 35.5. The fourth-order valence-electron chi connectivity index (χ4n) is 6.47. The number of amides is 1.